The minimum absolute atomic E-state index is 0.447. The van der Waals surface area contributed by atoms with Crippen molar-refractivity contribution in [3.63, 3.8) is 0 Å². The zero-order chi connectivity index (χ0) is 11.4. The van der Waals surface area contributed by atoms with Crippen LogP contribution in [0.5, 0.6) is 11.5 Å². The molecule has 2 rings (SSSR count). The summed E-state index contributed by atoms with van der Waals surface area (Å²) in [4.78, 5) is 0. The van der Waals surface area contributed by atoms with Crippen LogP contribution in [0.15, 0.2) is 48.5 Å². The van der Waals surface area contributed by atoms with Gasteiger partial charge >= 0.3 is 0 Å². The van der Waals surface area contributed by atoms with Gasteiger partial charge in [-0.1, -0.05) is 35.9 Å². The van der Waals surface area contributed by atoms with Gasteiger partial charge in [-0.25, -0.2) is 0 Å². The Hall–Kier alpha value is -1.18. The van der Waals surface area contributed by atoms with E-state index in [1.807, 2.05) is 42.5 Å². The summed E-state index contributed by atoms with van der Waals surface area (Å²) in [7, 11) is 0. The van der Waals surface area contributed by atoms with Crippen molar-refractivity contribution >= 4 is 23.2 Å². The first-order chi connectivity index (χ1) is 7.79. The molecule has 0 bridgehead atoms. The Morgan fingerprint density at radius 2 is 1.75 bits per heavy atom. The molecule has 0 aliphatic heterocycles. The van der Waals surface area contributed by atoms with Crippen LogP contribution in [-0.2, 0) is 5.88 Å². The van der Waals surface area contributed by atoms with Gasteiger partial charge in [-0.15, -0.1) is 11.6 Å². The molecule has 1 nitrogen and oxygen atoms in total. The molecule has 0 aliphatic rings. The van der Waals surface area contributed by atoms with Gasteiger partial charge in [-0.3, -0.25) is 0 Å². The first-order valence-electron chi connectivity index (χ1n) is 4.87. The van der Waals surface area contributed by atoms with Gasteiger partial charge in [0.1, 0.15) is 11.5 Å². The molecule has 0 saturated heterocycles. The summed E-state index contributed by atoms with van der Waals surface area (Å²) < 4.78 is 5.66. The van der Waals surface area contributed by atoms with Crippen molar-refractivity contribution in [1.29, 1.82) is 0 Å². The van der Waals surface area contributed by atoms with Crippen LogP contribution >= 0.6 is 23.2 Å². The molecular formula is C13H10Cl2O. The van der Waals surface area contributed by atoms with E-state index in [2.05, 4.69) is 0 Å². The Balaban J connectivity index is 2.27. The van der Waals surface area contributed by atoms with Crippen LogP contribution in [0.1, 0.15) is 5.56 Å². The molecule has 16 heavy (non-hydrogen) atoms. The fraction of sp³-hybridized carbons (Fsp3) is 0.0769. The molecule has 2 aromatic carbocycles. The molecule has 0 radical (unpaired) electrons. The van der Waals surface area contributed by atoms with E-state index < -0.39 is 0 Å². The molecular weight excluding hydrogens is 243 g/mol. The predicted octanol–water partition coefficient (Wildman–Crippen LogP) is 4.87. The molecule has 3 heteroatoms. The average molecular weight is 253 g/mol. The maximum Gasteiger partial charge on any atom is 0.146 e. The molecule has 0 unspecified atom stereocenters. The summed E-state index contributed by atoms with van der Waals surface area (Å²) in [6, 6.07) is 15.0. The topological polar surface area (TPSA) is 9.23 Å². The van der Waals surface area contributed by atoms with Crippen LogP contribution in [0.25, 0.3) is 0 Å². The Labute approximate surface area is 105 Å². The molecule has 0 spiro atoms. The van der Waals surface area contributed by atoms with E-state index in [-0.39, 0.29) is 0 Å². The molecule has 0 heterocycles. The number of rotatable bonds is 3. The van der Waals surface area contributed by atoms with E-state index in [4.69, 9.17) is 27.9 Å². The largest absolute Gasteiger partial charge is 0.456 e. The Bertz CT molecular complexity index is 469. The summed E-state index contributed by atoms with van der Waals surface area (Å²) in [5, 5.41) is 0.581. The molecule has 0 atom stereocenters. The average Bonchev–Trinajstić information content (AvgIpc) is 2.33. The lowest BCUT2D eigenvalue weighted by atomic mass is 10.2. The van der Waals surface area contributed by atoms with Crippen molar-refractivity contribution in [3.05, 3.63) is 59.1 Å². The number of alkyl halides is 1. The first-order valence-corrected chi connectivity index (χ1v) is 5.78. The van der Waals surface area contributed by atoms with E-state index in [0.29, 0.717) is 16.7 Å². The second kappa shape index (κ2) is 5.24. The number of para-hydroxylation sites is 1. The summed E-state index contributed by atoms with van der Waals surface area (Å²) in [5.74, 6) is 1.84. The van der Waals surface area contributed by atoms with Crippen molar-refractivity contribution in [3.8, 4) is 11.5 Å². The quantitative estimate of drug-likeness (QED) is 0.709. The second-order valence-corrected chi connectivity index (χ2v) is 3.99. The fourth-order valence-corrected chi connectivity index (χ4v) is 1.65. The molecule has 2 aromatic rings. The van der Waals surface area contributed by atoms with Gasteiger partial charge in [0, 0.05) is 5.88 Å². The highest BCUT2D eigenvalue weighted by atomic mass is 35.5. The van der Waals surface area contributed by atoms with Gasteiger partial charge in [-0.05, 0) is 29.8 Å². The fourth-order valence-electron chi connectivity index (χ4n) is 1.32. The summed E-state index contributed by atoms with van der Waals surface area (Å²) in [5.41, 5.74) is 0.983. The second-order valence-electron chi connectivity index (χ2n) is 3.31. The molecule has 0 saturated carbocycles. The first kappa shape index (κ1) is 11.3. The summed E-state index contributed by atoms with van der Waals surface area (Å²) >= 11 is 11.8. The van der Waals surface area contributed by atoms with Gasteiger partial charge in [0.2, 0.25) is 0 Å². The highest BCUT2D eigenvalue weighted by Gasteiger charge is 2.04. The van der Waals surface area contributed by atoms with Crippen LogP contribution in [0, 0.1) is 0 Å². The number of benzene rings is 2. The van der Waals surface area contributed by atoms with Crippen LogP contribution in [0.4, 0.5) is 0 Å². The molecule has 0 N–H and O–H groups in total. The Kier molecular flexibility index (Phi) is 3.70. The maximum atomic E-state index is 6.04. The molecule has 82 valence electrons. The zero-order valence-electron chi connectivity index (χ0n) is 8.49. The summed E-state index contributed by atoms with van der Waals surface area (Å²) in [6.07, 6.45) is 0. The third-order valence-electron chi connectivity index (χ3n) is 2.12. The zero-order valence-corrected chi connectivity index (χ0v) is 10.0. The normalized spacial score (nSPS) is 10.1. The highest BCUT2D eigenvalue weighted by molar-refractivity contribution is 6.32. The van der Waals surface area contributed by atoms with E-state index in [1.165, 1.54) is 0 Å². The lowest BCUT2D eigenvalue weighted by Gasteiger charge is -2.08. The van der Waals surface area contributed by atoms with Crippen molar-refractivity contribution in [1.82, 2.24) is 0 Å². The number of halogens is 2. The number of hydrogen-bond acceptors (Lipinski definition) is 1. The van der Waals surface area contributed by atoms with Crippen LogP contribution in [0.3, 0.4) is 0 Å². The van der Waals surface area contributed by atoms with Crippen LogP contribution < -0.4 is 4.74 Å². The van der Waals surface area contributed by atoms with Gasteiger partial charge in [-0.2, -0.15) is 0 Å². The SMILES string of the molecule is ClCc1ccc(Cl)c(Oc2ccccc2)c1. The van der Waals surface area contributed by atoms with Crippen molar-refractivity contribution in [2.45, 2.75) is 5.88 Å². The van der Waals surface area contributed by atoms with Crippen molar-refractivity contribution in [2.75, 3.05) is 0 Å². The molecule has 0 fully saturated rings. The number of hydrogen-bond donors (Lipinski definition) is 0. The van der Waals surface area contributed by atoms with Gasteiger partial charge in [0.25, 0.3) is 0 Å². The molecule has 0 aliphatic carbocycles. The number of ether oxygens (including phenoxy) is 1. The van der Waals surface area contributed by atoms with E-state index in [9.17, 15) is 0 Å². The van der Waals surface area contributed by atoms with E-state index >= 15 is 0 Å². The summed E-state index contributed by atoms with van der Waals surface area (Å²) in [6.45, 7) is 0. The van der Waals surface area contributed by atoms with Gasteiger partial charge in [0.15, 0.2) is 0 Å². The van der Waals surface area contributed by atoms with Crippen LogP contribution in [-0.4, -0.2) is 0 Å². The van der Waals surface area contributed by atoms with Crippen LogP contribution in [0.2, 0.25) is 5.02 Å². The molecule has 0 aromatic heterocycles. The highest BCUT2D eigenvalue weighted by Crippen LogP contribution is 2.30. The lowest BCUT2D eigenvalue weighted by Crippen LogP contribution is -1.87. The third-order valence-corrected chi connectivity index (χ3v) is 2.74. The minimum atomic E-state index is 0.447. The Morgan fingerprint density at radius 3 is 2.44 bits per heavy atom. The Morgan fingerprint density at radius 1 is 1.00 bits per heavy atom. The standard InChI is InChI=1S/C13H10Cl2O/c14-9-10-6-7-12(15)13(8-10)16-11-4-2-1-3-5-11/h1-8H,9H2. The minimum Gasteiger partial charge on any atom is -0.456 e. The smallest absolute Gasteiger partial charge is 0.146 e. The third kappa shape index (κ3) is 2.69. The molecule has 0 amide bonds. The van der Waals surface area contributed by atoms with E-state index in [1.54, 1.807) is 6.07 Å². The maximum absolute atomic E-state index is 6.04. The van der Waals surface area contributed by atoms with Gasteiger partial charge in [0.05, 0.1) is 5.02 Å². The lowest BCUT2D eigenvalue weighted by molar-refractivity contribution is 0.482. The predicted molar refractivity (Wildman–Crippen MR) is 67.5 cm³/mol. The van der Waals surface area contributed by atoms with Gasteiger partial charge < -0.3 is 4.74 Å². The van der Waals surface area contributed by atoms with Crippen molar-refractivity contribution < 1.29 is 4.74 Å². The van der Waals surface area contributed by atoms with E-state index in [0.717, 1.165) is 11.3 Å². The van der Waals surface area contributed by atoms with Crippen molar-refractivity contribution in [2.24, 2.45) is 0 Å². The monoisotopic (exact) mass is 252 g/mol.